The summed E-state index contributed by atoms with van der Waals surface area (Å²) in [6.45, 7) is 3.18. The Morgan fingerprint density at radius 1 is 1.26 bits per heavy atom. The summed E-state index contributed by atoms with van der Waals surface area (Å²) in [4.78, 5) is 15.1. The van der Waals surface area contributed by atoms with Gasteiger partial charge in [-0.2, -0.15) is 0 Å². The number of nitrogens with zero attached hydrogens (tertiary/aromatic N) is 1. The third-order valence-electron chi connectivity index (χ3n) is 2.82. The molecule has 2 aromatic rings. The van der Waals surface area contributed by atoms with E-state index in [1.807, 2.05) is 25.1 Å². The molecule has 0 aliphatic heterocycles. The Labute approximate surface area is 112 Å². The average Bonchev–Trinajstić information content (AvgIpc) is 2.39. The molecular weight excluding hydrogens is 240 g/mol. The fraction of sp³-hybridized carbons (Fsp3) is 0.200. The monoisotopic (exact) mass is 256 g/mol. The molecule has 0 saturated heterocycles. The van der Waals surface area contributed by atoms with Crippen molar-refractivity contribution in [2.75, 3.05) is 0 Å². The van der Waals surface area contributed by atoms with E-state index in [2.05, 4.69) is 16.4 Å². The van der Waals surface area contributed by atoms with Gasteiger partial charge in [0.2, 0.25) is 0 Å². The molecule has 0 bridgehead atoms. The quantitative estimate of drug-likeness (QED) is 0.862. The zero-order valence-electron chi connectivity index (χ0n) is 10.8. The summed E-state index contributed by atoms with van der Waals surface area (Å²) in [5.74, 6) is -0.944. The Morgan fingerprint density at radius 3 is 2.84 bits per heavy atom. The molecule has 1 heterocycles. The molecule has 0 unspecified atom stereocenters. The number of carboxylic acids is 1. The maximum Gasteiger partial charge on any atom is 0.337 e. The van der Waals surface area contributed by atoms with Crippen LogP contribution in [0.4, 0.5) is 0 Å². The van der Waals surface area contributed by atoms with Crippen LogP contribution in [0.3, 0.4) is 0 Å². The second-order valence-electron chi connectivity index (χ2n) is 4.40. The number of benzene rings is 1. The van der Waals surface area contributed by atoms with Crippen molar-refractivity contribution in [1.82, 2.24) is 10.3 Å². The lowest BCUT2D eigenvalue weighted by Crippen LogP contribution is -2.16. The van der Waals surface area contributed by atoms with Gasteiger partial charge < -0.3 is 10.4 Å². The minimum Gasteiger partial charge on any atom is -0.478 e. The van der Waals surface area contributed by atoms with Crippen molar-refractivity contribution in [2.24, 2.45) is 0 Å². The molecule has 0 amide bonds. The van der Waals surface area contributed by atoms with Crippen LogP contribution in [0.2, 0.25) is 0 Å². The highest BCUT2D eigenvalue weighted by Crippen LogP contribution is 2.07. The van der Waals surface area contributed by atoms with Crippen molar-refractivity contribution in [3.63, 3.8) is 0 Å². The fourth-order valence-electron chi connectivity index (χ4n) is 1.92. The smallest absolute Gasteiger partial charge is 0.337 e. The highest BCUT2D eigenvalue weighted by Gasteiger charge is 2.09. The van der Waals surface area contributed by atoms with Crippen LogP contribution < -0.4 is 5.32 Å². The van der Waals surface area contributed by atoms with E-state index in [1.165, 1.54) is 11.1 Å². The van der Waals surface area contributed by atoms with Gasteiger partial charge in [-0.3, -0.25) is 4.98 Å². The number of rotatable bonds is 5. The molecule has 2 N–H and O–H groups in total. The van der Waals surface area contributed by atoms with Gasteiger partial charge >= 0.3 is 5.97 Å². The minimum atomic E-state index is -0.944. The molecule has 4 nitrogen and oxygen atoms in total. The van der Waals surface area contributed by atoms with Crippen molar-refractivity contribution in [1.29, 1.82) is 0 Å². The second-order valence-corrected chi connectivity index (χ2v) is 4.40. The summed E-state index contributed by atoms with van der Waals surface area (Å²) in [5, 5.41) is 12.3. The van der Waals surface area contributed by atoms with Crippen LogP contribution in [-0.4, -0.2) is 16.1 Å². The van der Waals surface area contributed by atoms with Gasteiger partial charge in [0.15, 0.2) is 0 Å². The third-order valence-corrected chi connectivity index (χ3v) is 2.82. The van der Waals surface area contributed by atoms with Crippen LogP contribution in [0, 0.1) is 6.92 Å². The van der Waals surface area contributed by atoms with Gasteiger partial charge in [0.1, 0.15) is 0 Å². The number of aryl methyl sites for hydroxylation is 1. The second kappa shape index (κ2) is 6.11. The van der Waals surface area contributed by atoms with Crippen LogP contribution in [-0.2, 0) is 13.1 Å². The highest BCUT2D eigenvalue weighted by atomic mass is 16.4. The Balaban J connectivity index is 1.98. The molecule has 0 aliphatic carbocycles. The number of hydrogen-bond donors (Lipinski definition) is 2. The summed E-state index contributed by atoms with van der Waals surface area (Å²) >= 11 is 0. The van der Waals surface area contributed by atoms with E-state index < -0.39 is 5.97 Å². The topological polar surface area (TPSA) is 62.2 Å². The maximum absolute atomic E-state index is 11.0. The largest absolute Gasteiger partial charge is 0.478 e. The minimum absolute atomic E-state index is 0.249. The molecule has 0 fully saturated rings. The molecule has 0 spiro atoms. The molecule has 0 radical (unpaired) electrons. The zero-order chi connectivity index (χ0) is 13.7. The number of carbonyl (C=O) groups is 1. The first kappa shape index (κ1) is 13.2. The molecule has 19 heavy (non-hydrogen) atoms. The summed E-state index contributed by atoms with van der Waals surface area (Å²) < 4.78 is 0. The van der Waals surface area contributed by atoms with E-state index in [0.717, 1.165) is 0 Å². The van der Waals surface area contributed by atoms with Gasteiger partial charge in [-0.25, -0.2) is 4.79 Å². The predicted octanol–water partition coefficient (Wildman–Crippen LogP) is 2.38. The Morgan fingerprint density at radius 2 is 2.11 bits per heavy atom. The summed E-state index contributed by atoms with van der Waals surface area (Å²) in [6, 6.07) is 11.4. The fourth-order valence-corrected chi connectivity index (χ4v) is 1.92. The van der Waals surface area contributed by atoms with Crippen LogP contribution in [0.1, 0.15) is 27.2 Å². The molecule has 98 valence electrons. The first-order chi connectivity index (χ1) is 9.16. The van der Waals surface area contributed by atoms with Crippen LogP contribution in [0.15, 0.2) is 42.6 Å². The third kappa shape index (κ3) is 3.63. The number of pyridine rings is 1. The number of aromatic nitrogens is 1. The van der Waals surface area contributed by atoms with Gasteiger partial charge in [-0.15, -0.1) is 0 Å². The van der Waals surface area contributed by atoms with E-state index in [1.54, 1.807) is 18.3 Å². The number of carboxylic acid groups (broad SMARTS) is 1. The zero-order valence-corrected chi connectivity index (χ0v) is 10.8. The molecule has 4 heteroatoms. The molecule has 0 aliphatic rings. The van der Waals surface area contributed by atoms with Gasteiger partial charge in [-0.1, -0.05) is 29.8 Å². The van der Waals surface area contributed by atoms with Crippen LogP contribution >= 0.6 is 0 Å². The van der Waals surface area contributed by atoms with E-state index in [-0.39, 0.29) is 5.56 Å². The van der Waals surface area contributed by atoms with Crippen molar-refractivity contribution in [3.8, 4) is 0 Å². The van der Waals surface area contributed by atoms with Crippen molar-refractivity contribution in [3.05, 3.63) is 65.0 Å². The van der Waals surface area contributed by atoms with Crippen molar-refractivity contribution < 1.29 is 9.90 Å². The van der Waals surface area contributed by atoms with Crippen molar-refractivity contribution in [2.45, 2.75) is 20.0 Å². The van der Waals surface area contributed by atoms with Crippen LogP contribution in [0.5, 0.6) is 0 Å². The lowest BCUT2D eigenvalue weighted by Gasteiger charge is -2.07. The van der Waals surface area contributed by atoms with E-state index >= 15 is 0 Å². The van der Waals surface area contributed by atoms with Crippen molar-refractivity contribution >= 4 is 5.97 Å². The molecule has 0 atom stereocenters. The Hall–Kier alpha value is -2.20. The van der Waals surface area contributed by atoms with E-state index in [9.17, 15) is 4.79 Å². The summed E-state index contributed by atoms with van der Waals surface area (Å²) in [7, 11) is 0. The number of hydrogen-bond acceptors (Lipinski definition) is 3. The Kier molecular flexibility index (Phi) is 4.26. The Bertz CT molecular complexity index is 582. The molecule has 1 aromatic carbocycles. The maximum atomic E-state index is 11.0. The van der Waals surface area contributed by atoms with E-state index in [4.69, 9.17) is 5.11 Å². The highest BCUT2D eigenvalue weighted by molar-refractivity contribution is 5.88. The van der Waals surface area contributed by atoms with Gasteiger partial charge in [0, 0.05) is 19.3 Å². The molecule has 2 rings (SSSR count). The van der Waals surface area contributed by atoms with Crippen LogP contribution in [0.25, 0.3) is 0 Å². The number of aromatic carboxylic acids is 1. The summed E-state index contributed by atoms with van der Waals surface area (Å²) in [6.07, 6.45) is 1.61. The van der Waals surface area contributed by atoms with Gasteiger partial charge in [0.25, 0.3) is 0 Å². The SMILES string of the molecule is Cc1cccc(CNCc2ncccc2C(=O)O)c1. The predicted molar refractivity (Wildman–Crippen MR) is 72.9 cm³/mol. The lowest BCUT2D eigenvalue weighted by molar-refractivity contribution is 0.0695. The van der Waals surface area contributed by atoms with E-state index in [0.29, 0.717) is 18.8 Å². The molecule has 1 aromatic heterocycles. The number of nitrogens with one attached hydrogen (secondary N) is 1. The molecule has 0 saturated carbocycles. The first-order valence-corrected chi connectivity index (χ1v) is 6.10. The first-order valence-electron chi connectivity index (χ1n) is 6.10. The summed E-state index contributed by atoms with van der Waals surface area (Å²) in [5.41, 5.74) is 3.19. The normalized spacial score (nSPS) is 10.4. The standard InChI is InChI=1S/C15H16N2O2/c1-11-4-2-5-12(8-11)9-16-10-14-13(15(18)19)6-3-7-17-14/h2-8,16H,9-10H2,1H3,(H,18,19). The average molecular weight is 256 g/mol. The van der Waals surface area contributed by atoms with Gasteiger partial charge in [-0.05, 0) is 24.6 Å². The lowest BCUT2D eigenvalue weighted by atomic mass is 10.1. The molecular formula is C15H16N2O2. The van der Waals surface area contributed by atoms with Gasteiger partial charge in [0.05, 0.1) is 11.3 Å².